The Morgan fingerprint density at radius 3 is 2.23 bits per heavy atom. The molecule has 0 atom stereocenters. The molecular weight excluding hydrogens is 282 g/mol. The van der Waals surface area contributed by atoms with Crippen molar-refractivity contribution in [3.8, 4) is 5.75 Å². The van der Waals surface area contributed by atoms with E-state index in [9.17, 15) is 9.59 Å². The Kier molecular flexibility index (Phi) is 5.14. The van der Waals surface area contributed by atoms with Crippen LogP contribution in [0.4, 0.5) is 5.69 Å². The lowest BCUT2D eigenvalue weighted by Gasteiger charge is -2.21. The number of carbonyl (C=O) groups is 2. The highest BCUT2D eigenvalue weighted by Gasteiger charge is 2.14. The number of hydrogen-bond donors (Lipinski definition) is 1. The molecule has 5 heteroatoms. The van der Waals surface area contributed by atoms with Crippen LogP contribution in [-0.2, 0) is 4.79 Å². The summed E-state index contributed by atoms with van der Waals surface area (Å²) < 4.78 is 5.42. The molecule has 1 N–H and O–H groups in total. The van der Waals surface area contributed by atoms with Crippen molar-refractivity contribution in [2.24, 2.45) is 0 Å². The van der Waals surface area contributed by atoms with E-state index in [0.29, 0.717) is 12.3 Å². The monoisotopic (exact) mass is 299 g/mol. The van der Waals surface area contributed by atoms with Crippen molar-refractivity contribution >= 4 is 17.6 Å². The Morgan fingerprint density at radius 2 is 1.68 bits per heavy atom. The minimum Gasteiger partial charge on any atom is -0.484 e. The molecule has 0 heterocycles. The summed E-state index contributed by atoms with van der Waals surface area (Å²) in [4.78, 5) is 24.6. The molecule has 0 aliphatic carbocycles. The molecule has 0 saturated heterocycles. The fraction of sp³-hybridized carbons (Fsp3) is 0.176. The lowest BCUT2D eigenvalue weighted by molar-refractivity contribution is -0.120. The molecule has 0 aliphatic heterocycles. The number of anilines is 1. The lowest BCUT2D eigenvalue weighted by atomic mass is 10.2. The molecule has 0 saturated carbocycles. The first kappa shape index (κ1) is 15.6. The quantitative estimate of drug-likeness (QED) is 0.890. The van der Waals surface area contributed by atoms with Crippen LogP contribution in [0.3, 0.4) is 0 Å². The molecule has 5 nitrogen and oxygen atoms in total. The number of para-hydroxylation sites is 1. The van der Waals surface area contributed by atoms with Crippen molar-refractivity contribution in [3.05, 3.63) is 60.2 Å². The summed E-state index contributed by atoms with van der Waals surface area (Å²) in [6, 6.07) is 15.3. The van der Waals surface area contributed by atoms with Crippen molar-refractivity contribution in [1.82, 2.24) is 0 Å². The smallest absolute Gasteiger partial charge is 0.335 e. The molecule has 2 aromatic rings. The Hall–Kier alpha value is -2.82. The molecule has 0 unspecified atom stereocenters. The zero-order valence-electron chi connectivity index (χ0n) is 12.2. The van der Waals surface area contributed by atoms with Gasteiger partial charge in [-0.15, -0.1) is 0 Å². The Morgan fingerprint density at radius 1 is 1.05 bits per heavy atom. The summed E-state index contributed by atoms with van der Waals surface area (Å²) in [6.07, 6.45) is 0. The predicted molar refractivity (Wildman–Crippen MR) is 83.4 cm³/mol. The zero-order chi connectivity index (χ0) is 15.9. The summed E-state index contributed by atoms with van der Waals surface area (Å²) in [5, 5.41) is 8.82. The van der Waals surface area contributed by atoms with Gasteiger partial charge in [-0.1, -0.05) is 18.2 Å². The van der Waals surface area contributed by atoms with Crippen LogP contribution in [0.2, 0.25) is 0 Å². The lowest BCUT2D eigenvalue weighted by Crippen LogP contribution is -2.34. The number of aromatic carboxylic acids is 1. The number of carbonyl (C=O) groups excluding carboxylic acids is 1. The number of amides is 1. The van der Waals surface area contributed by atoms with E-state index in [1.807, 2.05) is 37.3 Å². The topological polar surface area (TPSA) is 66.8 Å². The summed E-state index contributed by atoms with van der Waals surface area (Å²) in [7, 11) is 0. The summed E-state index contributed by atoms with van der Waals surface area (Å²) in [5.41, 5.74) is 0.998. The van der Waals surface area contributed by atoms with Crippen LogP contribution in [0.25, 0.3) is 0 Å². The third kappa shape index (κ3) is 3.85. The first-order valence-corrected chi connectivity index (χ1v) is 6.93. The second-order valence-electron chi connectivity index (χ2n) is 4.59. The second-order valence-corrected chi connectivity index (χ2v) is 4.59. The Labute approximate surface area is 128 Å². The average molecular weight is 299 g/mol. The number of benzene rings is 2. The van der Waals surface area contributed by atoms with Gasteiger partial charge in [0.25, 0.3) is 5.91 Å². The van der Waals surface area contributed by atoms with Crippen LogP contribution in [-0.4, -0.2) is 30.1 Å². The van der Waals surface area contributed by atoms with E-state index in [0.717, 1.165) is 5.69 Å². The highest BCUT2D eigenvalue weighted by molar-refractivity contribution is 5.94. The van der Waals surface area contributed by atoms with E-state index in [-0.39, 0.29) is 18.1 Å². The van der Waals surface area contributed by atoms with E-state index in [2.05, 4.69) is 0 Å². The van der Waals surface area contributed by atoms with Gasteiger partial charge >= 0.3 is 5.97 Å². The first-order valence-electron chi connectivity index (χ1n) is 6.93. The number of carboxylic acid groups (broad SMARTS) is 1. The van der Waals surface area contributed by atoms with Crippen LogP contribution in [0, 0.1) is 0 Å². The molecule has 22 heavy (non-hydrogen) atoms. The maximum atomic E-state index is 12.2. The molecule has 2 aromatic carbocycles. The number of carboxylic acids is 1. The van der Waals surface area contributed by atoms with Gasteiger partial charge in [-0.05, 0) is 43.3 Å². The predicted octanol–water partition coefficient (Wildman–Crippen LogP) is 2.82. The average Bonchev–Trinajstić information content (AvgIpc) is 2.55. The fourth-order valence-electron chi connectivity index (χ4n) is 2.03. The van der Waals surface area contributed by atoms with E-state index < -0.39 is 5.97 Å². The summed E-state index contributed by atoms with van der Waals surface area (Å²) in [5.74, 6) is -0.692. The molecule has 1 amide bonds. The molecule has 0 aliphatic rings. The number of rotatable bonds is 6. The third-order valence-electron chi connectivity index (χ3n) is 3.15. The number of ether oxygens (including phenoxy) is 1. The van der Waals surface area contributed by atoms with E-state index >= 15 is 0 Å². The molecule has 0 bridgehead atoms. The van der Waals surface area contributed by atoms with Crippen LogP contribution >= 0.6 is 0 Å². The van der Waals surface area contributed by atoms with E-state index in [1.165, 1.54) is 24.3 Å². The van der Waals surface area contributed by atoms with Gasteiger partial charge in [0.2, 0.25) is 0 Å². The highest BCUT2D eigenvalue weighted by atomic mass is 16.5. The summed E-state index contributed by atoms with van der Waals surface area (Å²) in [6.45, 7) is 2.34. The molecule has 114 valence electrons. The number of hydrogen-bond acceptors (Lipinski definition) is 3. The largest absolute Gasteiger partial charge is 0.484 e. The van der Waals surface area contributed by atoms with Gasteiger partial charge in [-0.2, -0.15) is 0 Å². The number of likely N-dealkylation sites (N-methyl/N-ethyl adjacent to an activating group) is 1. The normalized spacial score (nSPS) is 10.0. The Balaban J connectivity index is 1.98. The SMILES string of the molecule is CCN(C(=O)COc1ccc(C(=O)O)cc1)c1ccccc1. The summed E-state index contributed by atoms with van der Waals surface area (Å²) >= 11 is 0. The zero-order valence-corrected chi connectivity index (χ0v) is 12.2. The van der Waals surface area contributed by atoms with Gasteiger partial charge in [0, 0.05) is 12.2 Å². The molecule has 0 spiro atoms. The van der Waals surface area contributed by atoms with Crippen molar-refractivity contribution in [2.75, 3.05) is 18.1 Å². The maximum absolute atomic E-state index is 12.2. The van der Waals surface area contributed by atoms with Crippen LogP contribution < -0.4 is 9.64 Å². The first-order chi connectivity index (χ1) is 10.6. The standard InChI is InChI=1S/C17H17NO4/c1-2-18(14-6-4-3-5-7-14)16(19)12-22-15-10-8-13(9-11-15)17(20)21/h3-11H,2,12H2,1H3,(H,20,21). The maximum Gasteiger partial charge on any atom is 0.335 e. The van der Waals surface area contributed by atoms with Crippen LogP contribution in [0.5, 0.6) is 5.75 Å². The van der Waals surface area contributed by atoms with Gasteiger partial charge in [0.15, 0.2) is 6.61 Å². The van der Waals surface area contributed by atoms with Gasteiger partial charge in [-0.3, -0.25) is 4.79 Å². The van der Waals surface area contributed by atoms with Crippen molar-refractivity contribution < 1.29 is 19.4 Å². The van der Waals surface area contributed by atoms with Crippen molar-refractivity contribution in [3.63, 3.8) is 0 Å². The molecule has 0 fully saturated rings. The Bertz CT molecular complexity index is 637. The molecular formula is C17H17NO4. The highest BCUT2D eigenvalue weighted by Crippen LogP contribution is 2.15. The van der Waals surface area contributed by atoms with Gasteiger partial charge in [-0.25, -0.2) is 4.79 Å². The third-order valence-corrected chi connectivity index (χ3v) is 3.15. The van der Waals surface area contributed by atoms with Gasteiger partial charge in [0.1, 0.15) is 5.75 Å². The number of nitrogens with zero attached hydrogens (tertiary/aromatic N) is 1. The second kappa shape index (κ2) is 7.26. The van der Waals surface area contributed by atoms with Crippen LogP contribution in [0.1, 0.15) is 17.3 Å². The molecule has 0 aromatic heterocycles. The van der Waals surface area contributed by atoms with E-state index in [4.69, 9.17) is 9.84 Å². The van der Waals surface area contributed by atoms with Gasteiger partial charge in [0.05, 0.1) is 5.56 Å². The van der Waals surface area contributed by atoms with Crippen molar-refractivity contribution in [2.45, 2.75) is 6.92 Å². The minimum atomic E-state index is -0.996. The van der Waals surface area contributed by atoms with Crippen LogP contribution in [0.15, 0.2) is 54.6 Å². The van der Waals surface area contributed by atoms with Gasteiger partial charge < -0.3 is 14.7 Å². The molecule has 0 radical (unpaired) electrons. The van der Waals surface area contributed by atoms with Crippen molar-refractivity contribution in [1.29, 1.82) is 0 Å². The minimum absolute atomic E-state index is 0.102. The molecule has 2 rings (SSSR count). The van der Waals surface area contributed by atoms with E-state index in [1.54, 1.807) is 4.90 Å². The fourth-order valence-corrected chi connectivity index (χ4v) is 2.03.